The third kappa shape index (κ3) is 2.39. The van der Waals surface area contributed by atoms with Crippen molar-refractivity contribution in [2.75, 3.05) is 0 Å². The van der Waals surface area contributed by atoms with Crippen LogP contribution in [0.5, 0.6) is 0 Å². The molecule has 3 aromatic heterocycles. The van der Waals surface area contributed by atoms with Crippen molar-refractivity contribution in [1.82, 2.24) is 9.55 Å². The van der Waals surface area contributed by atoms with Crippen LogP contribution in [0.25, 0.3) is 21.7 Å². The van der Waals surface area contributed by atoms with Crippen LogP contribution in [0.1, 0.15) is 4.88 Å². The molecule has 0 N–H and O–H groups in total. The molecule has 21 heavy (non-hydrogen) atoms. The molecular weight excluding hydrogens is 320 g/mol. The van der Waals surface area contributed by atoms with Gasteiger partial charge in [0.15, 0.2) is 5.82 Å². The SMILES string of the molecule is Clc1ccc2nc(-c3cccs3)n(Cc3cccs3)c2c1. The maximum Gasteiger partial charge on any atom is 0.151 e. The van der Waals surface area contributed by atoms with Gasteiger partial charge in [0, 0.05) is 9.90 Å². The maximum absolute atomic E-state index is 6.17. The number of imidazole rings is 1. The molecule has 0 spiro atoms. The van der Waals surface area contributed by atoms with Crippen LogP contribution in [0.3, 0.4) is 0 Å². The van der Waals surface area contributed by atoms with Crippen molar-refractivity contribution in [2.24, 2.45) is 0 Å². The van der Waals surface area contributed by atoms with Crippen LogP contribution in [-0.4, -0.2) is 9.55 Å². The number of rotatable bonds is 3. The molecule has 4 rings (SSSR count). The zero-order chi connectivity index (χ0) is 14.2. The van der Waals surface area contributed by atoms with Crippen LogP contribution in [0, 0.1) is 0 Å². The topological polar surface area (TPSA) is 17.8 Å². The Morgan fingerprint density at radius 2 is 1.90 bits per heavy atom. The number of halogens is 1. The minimum atomic E-state index is 0.743. The predicted octanol–water partition coefficient (Wildman–Crippen LogP) is 5.53. The van der Waals surface area contributed by atoms with Gasteiger partial charge in [0.2, 0.25) is 0 Å². The lowest BCUT2D eigenvalue weighted by molar-refractivity contribution is 0.850. The van der Waals surface area contributed by atoms with Crippen LogP contribution in [0.4, 0.5) is 0 Å². The van der Waals surface area contributed by atoms with Gasteiger partial charge in [0.25, 0.3) is 0 Å². The summed E-state index contributed by atoms with van der Waals surface area (Å²) in [6.07, 6.45) is 0. The summed E-state index contributed by atoms with van der Waals surface area (Å²) in [6.45, 7) is 0.821. The standard InChI is InChI=1S/C16H11ClN2S2/c17-11-5-6-13-14(9-11)19(10-12-3-1-7-20-12)16(18-13)15-4-2-8-21-15/h1-9H,10H2. The van der Waals surface area contributed by atoms with Crippen LogP contribution < -0.4 is 0 Å². The summed E-state index contributed by atoms with van der Waals surface area (Å²) in [4.78, 5) is 7.29. The Bertz CT molecular complexity index is 877. The first kappa shape index (κ1) is 13.1. The Balaban J connectivity index is 1.95. The van der Waals surface area contributed by atoms with E-state index in [1.165, 1.54) is 9.75 Å². The monoisotopic (exact) mass is 330 g/mol. The van der Waals surface area contributed by atoms with Crippen LogP contribution in [-0.2, 0) is 6.54 Å². The second-order valence-electron chi connectivity index (χ2n) is 4.71. The van der Waals surface area contributed by atoms with Crippen LogP contribution in [0.2, 0.25) is 5.02 Å². The molecule has 0 radical (unpaired) electrons. The van der Waals surface area contributed by atoms with Crippen molar-refractivity contribution >= 4 is 45.3 Å². The second kappa shape index (κ2) is 5.30. The van der Waals surface area contributed by atoms with Gasteiger partial charge in [-0.1, -0.05) is 23.7 Å². The molecule has 0 aliphatic rings. The molecule has 0 saturated heterocycles. The Morgan fingerprint density at radius 1 is 1.05 bits per heavy atom. The average Bonchev–Trinajstić information content (AvgIpc) is 3.20. The summed E-state index contributed by atoms with van der Waals surface area (Å²) in [5, 5.41) is 4.93. The predicted molar refractivity (Wildman–Crippen MR) is 91.5 cm³/mol. The summed E-state index contributed by atoms with van der Waals surface area (Å²) >= 11 is 9.64. The molecule has 0 amide bonds. The highest BCUT2D eigenvalue weighted by atomic mass is 35.5. The molecule has 5 heteroatoms. The minimum absolute atomic E-state index is 0.743. The molecule has 0 aliphatic carbocycles. The van der Waals surface area contributed by atoms with Gasteiger partial charge in [0.1, 0.15) is 0 Å². The van der Waals surface area contributed by atoms with E-state index in [-0.39, 0.29) is 0 Å². The maximum atomic E-state index is 6.17. The fraction of sp³-hybridized carbons (Fsp3) is 0.0625. The molecule has 3 heterocycles. The number of nitrogens with zero attached hydrogens (tertiary/aromatic N) is 2. The first-order chi connectivity index (χ1) is 10.3. The summed E-state index contributed by atoms with van der Waals surface area (Å²) in [6, 6.07) is 14.3. The molecule has 1 aromatic carbocycles. The largest absolute Gasteiger partial charge is 0.318 e. The molecule has 104 valence electrons. The fourth-order valence-electron chi connectivity index (χ4n) is 2.41. The zero-order valence-electron chi connectivity index (χ0n) is 11.0. The molecule has 0 fully saturated rings. The van der Waals surface area contributed by atoms with Gasteiger partial charge >= 0.3 is 0 Å². The lowest BCUT2D eigenvalue weighted by Crippen LogP contribution is -1.99. The number of aromatic nitrogens is 2. The first-order valence-corrected chi connectivity index (χ1v) is 8.67. The second-order valence-corrected chi connectivity index (χ2v) is 7.13. The van der Waals surface area contributed by atoms with E-state index in [2.05, 4.69) is 39.6 Å². The summed E-state index contributed by atoms with van der Waals surface area (Å²) in [5.41, 5.74) is 2.07. The number of thiophene rings is 2. The molecule has 2 nitrogen and oxygen atoms in total. The van der Waals surface area contributed by atoms with Crippen molar-refractivity contribution < 1.29 is 0 Å². The smallest absolute Gasteiger partial charge is 0.151 e. The summed E-state index contributed by atoms with van der Waals surface area (Å²) in [5.74, 6) is 1.01. The van der Waals surface area contributed by atoms with Crippen LogP contribution in [0.15, 0.2) is 53.2 Å². The highest BCUT2D eigenvalue weighted by molar-refractivity contribution is 7.13. The van der Waals surface area contributed by atoms with Crippen molar-refractivity contribution in [2.45, 2.75) is 6.54 Å². The van der Waals surface area contributed by atoms with E-state index in [4.69, 9.17) is 16.6 Å². The molecular formula is C16H11ClN2S2. The quantitative estimate of drug-likeness (QED) is 0.483. The Labute approximate surface area is 135 Å². The Hall–Kier alpha value is -1.62. The summed E-state index contributed by atoms with van der Waals surface area (Å²) < 4.78 is 2.25. The highest BCUT2D eigenvalue weighted by Gasteiger charge is 2.14. The average molecular weight is 331 g/mol. The van der Waals surface area contributed by atoms with Gasteiger partial charge in [-0.25, -0.2) is 4.98 Å². The van der Waals surface area contributed by atoms with Crippen molar-refractivity contribution in [3.05, 3.63) is 63.1 Å². The van der Waals surface area contributed by atoms with Crippen molar-refractivity contribution in [1.29, 1.82) is 0 Å². The van der Waals surface area contributed by atoms with Gasteiger partial charge in [-0.05, 0) is 41.1 Å². The summed E-state index contributed by atoms with van der Waals surface area (Å²) in [7, 11) is 0. The number of fused-ring (bicyclic) bond motifs is 1. The third-order valence-corrected chi connectivity index (χ3v) is 5.31. The van der Waals surface area contributed by atoms with Crippen LogP contribution >= 0.6 is 34.3 Å². The molecule has 0 bridgehead atoms. The Morgan fingerprint density at radius 3 is 2.67 bits per heavy atom. The van der Waals surface area contributed by atoms with E-state index in [9.17, 15) is 0 Å². The van der Waals surface area contributed by atoms with Gasteiger partial charge in [-0.2, -0.15) is 0 Å². The highest BCUT2D eigenvalue weighted by Crippen LogP contribution is 2.30. The van der Waals surface area contributed by atoms with E-state index in [1.54, 1.807) is 22.7 Å². The van der Waals surface area contributed by atoms with Gasteiger partial charge in [-0.3, -0.25) is 0 Å². The van der Waals surface area contributed by atoms with E-state index >= 15 is 0 Å². The fourth-order valence-corrected chi connectivity index (χ4v) is 3.99. The molecule has 4 aromatic rings. The number of hydrogen-bond acceptors (Lipinski definition) is 3. The van der Waals surface area contributed by atoms with Crippen molar-refractivity contribution in [3.8, 4) is 10.7 Å². The molecule has 0 unspecified atom stereocenters. The zero-order valence-corrected chi connectivity index (χ0v) is 13.4. The van der Waals surface area contributed by atoms with E-state index in [0.29, 0.717) is 0 Å². The van der Waals surface area contributed by atoms with Crippen molar-refractivity contribution in [3.63, 3.8) is 0 Å². The van der Waals surface area contributed by atoms with Gasteiger partial charge in [-0.15, -0.1) is 22.7 Å². The van der Waals surface area contributed by atoms with Gasteiger partial charge in [0.05, 0.1) is 22.5 Å². The lowest BCUT2D eigenvalue weighted by Gasteiger charge is -2.07. The van der Waals surface area contributed by atoms with E-state index < -0.39 is 0 Å². The normalized spacial score (nSPS) is 11.3. The molecule has 0 aliphatic heterocycles. The van der Waals surface area contributed by atoms with Gasteiger partial charge < -0.3 is 4.57 Å². The molecule has 0 atom stereocenters. The lowest BCUT2D eigenvalue weighted by atomic mass is 10.3. The van der Waals surface area contributed by atoms with E-state index in [1.807, 2.05) is 18.2 Å². The molecule has 0 saturated carbocycles. The minimum Gasteiger partial charge on any atom is -0.318 e. The third-order valence-electron chi connectivity index (χ3n) is 3.35. The first-order valence-electron chi connectivity index (χ1n) is 6.53. The number of hydrogen-bond donors (Lipinski definition) is 0. The van der Waals surface area contributed by atoms with E-state index in [0.717, 1.165) is 28.4 Å². The number of benzene rings is 1. The Kier molecular flexibility index (Phi) is 3.30.